The second-order valence-corrected chi connectivity index (χ2v) is 9.82. The van der Waals surface area contributed by atoms with E-state index in [9.17, 15) is 13.2 Å². The number of carbonyl (C=O) groups is 1. The van der Waals surface area contributed by atoms with E-state index in [4.69, 9.17) is 16.3 Å². The third-order valence-corrected chi connectivity index (χ3v) is 7.43. The van der Waals surface area contributed by atoms with Gasteiger partial charge in [-0.1, -0.05) is 54.9 Å². The maximum atomic E-state index is 13.4. The van der Waals surface area contributed by atoms with Gasteiger partial charge in [-0.2, -0.15) is 0 Å². The highest BCUT2D eigenvalue weighted by Crippen LogP contribution is 2.39. The Morgan fingerprint density at radius 3 is 2.59 bits per heavy atom. The van der Waals surface area contributed by atoms with Crippen molar-refractivity contribution >= 4 is 38.9 Å². The van der Waals surface area contributed by atoms with Crippen LogP contribution in [0, 0.1) is 6.92 Å². The lowest BCUT2D eigenvalue weighted by Gasteiger charge is -2.35. The van der Waals surface area contributed by atoms with Crippen LogP contribution in [0.25, 0.3) is 0 Å². The van der Waals surface area contributed by atoms with Crippen molar-refractivity contribution < 1.29 is 17.9 Å². The summed E-state index contributed by atoms with van der Waals surface area (Å²) in [7, 11) is -3.94. The number of nitrogens with one attached hydrogen (secondary N) is 1. The first-order valence-electron chi connectivity index (χ1n) is 10.2. The Morgan fingerprint density at radius 1 is 1.12 bits per heavy atom. The normalized spacial score (nSPS) is 15.6. The summed E-state index contributed by atoms with van der Waals surface area (Å²) in [5.74, 6) is -0.135. The summed E-state index contributed by atoms with van der Waals surface area (Å²) in [4.78, 5) is 13.3. The van der Waals surface area contributed by atoms with Gasteiger partial charge in [-0.3, -0.25) is 9.10 Å². The van der Waals surface area contributed by atoms with Crippen molar-refractivity contribution in [3.8, 4) is 5.75 Å². The van der Waals surface area contributed by atoms with E-state index in [2.05, 4.69) is 5.32 Å². The monoisotopic (exact) mass is 470 g/mol. The zero-order valence-electron chi connectivity index (χ0n) is 17.7. The van der Waals surface area contributed by atoms with E-state index in [0.717, 1.165) is 23.2 Å². The Labute approximate surface area is 192 Å². The number of amides is 1. The molecule has 0 fully saturated rings. The maximum Gasteiger partial charge on any atom is 0.267 e. The minimum absolute atomic E-state index is 0.124. The van der Waals surface area contributed by atoms with Crippen LogP contribution in [0.1, 0.15) is 18.1 Å². The molecule has 166 valence electrons. The molecule has 1 heterocycles. The van der Waals surface area contributed by atoms with Crippen LogP contribution in [-0.2, 0) is 21.2 Å². The molecule has 0 aromatic heterocycles. The minimum Gasteiger partial charge on any atom is -0.476 e. The summed E-state index contributed by atoms with van der Waals surface area (Å²) < 4.78 is 34.0. The Hall–Kier alpha value is -3.03. The van der Waals surface area contributed by atoms with Crippen molar-refractivity contribution in [2.45, 2.75) is 31.3 Å². The zero-order chi connectivity index (χ0) is 22.9. The van der Waals surface area contributed by atoms with Gasteiger partial charge in [-0.25, -0.2) is 8.42 Å². The highest BCUT2D eigenvalue weighted by molar-refractivity contribution is 7.92. The van der Waals surface area contributed by atoms with Crippen LogP contribution in [-0.4, -0.2) is 27.0 Å². The van der Waals surface area contributed by atoms with E-state index >= 15 is 0 Å². The summed E-state index contributed by atoms with van der Waals surface area (Å²) in [5, 5.41) is 3.31. The highest BCUT2D eigenvalue weighted by atomic mass is 35.5. The fourth-order valence-corrected chi connectivity index (χ4v) is 5.37. The van der Waals surface area contributed by atoms with Gasteiger partial charge >= 0.3 is 0 Å². The van der Waals surface area contributed by atoms with E-state index in [0.29, 0.717) is 10.7 Å². The van der Waals surface area contributed by atoms with E-state index in [1.807, 2.05) is 32.0 Å². The second-order valence-electron chi connectivity index (χ2n) is 7.52. The van der Waals surface area contributed by atoms with Gasteiger partial charge in [0.15, 0.2) is 6.10 Å². The number of aryl methyl sites for hydroxylation is 2. The number of halogens is 1. The number of sulfonamides is 1. The van der Waals surface area contributed by atoms with Crippen LogP contribution >= 0.6 is 11.6 Å². The highest BCUT2D eigenvalue weighted by Gasteiger charge is 2.38. The molecule has 1 amide bonds. The molecule has 32 heavy (non-hydrogen) atoms. The van der Waals surface area contributed by atoms with E-state index in [-0.39, 0.29) is 17.2 Å². The van der Waals surface area contributed by atoms with Gasteiger partial charge in [-0.05, 0) is 54.8 Å². The van der Waals surface area contributed by atoms with Crippen LogP contribution < -0.4 is 14.4 Å². The summed E-state index contributed by atoms with van der Waals surface area (Å²) >= 11 is 6.14. The Kier molecular flexibility index (Phi) is 6.13. The van der Waals surface area contributed by atoms with Crippen LogP contribution in [0.2, 0.25) is 5.02 Å². The van der Waals surface area contributed by atoms with Crippen LogP contribution in [0.4, 0.5) is 11.4 Å². The molecular weight excluding hydrogens is 448 g/mol. The molecule has 3 aromatic carbocycles. The minimum atomic E-state index is -3.94. The molecular formula is C24H23ClN2O4S. The van der Waals surface area contributed by atoms with Gasteiger partial charge in [0.1, 0.15) is 5.75 Å². The topological polar surface area (TPSA) is 75.7 Å². The molecule has 0 unspecified atom stereocenters. The second kappa shape index (κ2) is 8.84. The quantitative estimate of drug-likeness (QED) is 0.580. The first-order chi connectivity index (χ1) is 15.3. The van der Waals surface area contributed by atoms with E-state index in [1.54, 1.807) is 30.3 Å². The van der Waals surface area contributed by atoms with Gasteiger partial charge in [0.25, 0.3) is 15.9 Å². The number of anilines is 2. The fraction of sp³-hybridized carbons (Fsp3) is 0.208. The maximum absolute atomic E-state index is 13.4. The number of ether oxygens (including phenoxy) is 1. The molecule has 0 saturated heterocycles. The molecule has 6 nitrogen and oxygen atoms in total. The SMILES string of the molecule is CCc1cccc(C)c1NC(=O)[C@H]1CN(S(=O)(=O)c2ccccc2)c2cc(Cl)ccc2O1. The predicted molar refractivity (Wildman–Crippen MR) is 126 cm³/mol. The molecule has 1 atom stereocenters. The van der Waals surface area contributed by atoms with Gasteiger partial charge in [0, 0.05) is 10.7 Å². The summed E-state index contributed by atoms with van der Waals surface area (Å²) in [6.07, 6.45) is -0.287. The number of para-hydroxylation sites is 1. The number of rotatable bonds is 5. The number of fused-ring (bicyclic) bond motifs is 1. The van der Waals surface area contributed by atoms with Crippen LogP contribution in [0.5, 0.6) is 5.75 Å². The lowest BCUT2D eigenvalue weighted by atomic mass is 10.1. The van der Waals surface area contributed by atoms with E-state index < -0.39 is 22.0 Å². The summed E-state index contributed by atoms with van der Waals surface area (Å²) in [6, 6.07) is 18.6. The average molecular weight is 471 g/mol. The van der Waals surface area contributed by atoms with Crippen molar-refractivity contribution in [1.82, 2.24) is 0 Å². The number of nitrogens with zero attached hydrogens (tertiary/aromatic N) is 1. The molecule has 3 aromatic rings. The zero-order valence-corrected chi connectivity index (χ0v) is 19.3. The standard InChI is InChI=1S/C24H23ClN2O4S/c1-3-17-9-7-8-16(2)23(17)26-24(28)22-15-27(20-14-18(25)12-13-21(20)31-22)32(29,30)19-10-5-4-6-11-19/h4-14,22H,3,15H2,1-2H3,(H,26,28)/t22-/m1/s1. The molecule has 0 bridgehead atoms. The fourth-order valence-electron chi connectivity index (χ4n) is 3.71. The molecule has 0 aliphatic carbocycles. The lowest BCUT2D eigenvalue weighted by molar-refractivity contribution is -0.122. The van der Waals surface area contributed by atoms with Crippen molar-refractivity contribution in [2.24, 2.45) is 0 Å². The third-order valence-electron chi connectivity index (χ3n) is 5.40. The van der Waals surface area contributed by atoms with Gasteiger partial charge in [-0.15, -0.1) is 0 Å². The Balaban J connectivity index is 1.71. The van der Waals surface area contributed by atoms with Crippen molar-refractivity contribution in [1.29, 1.82) is 0 Å². The van der Waals surface area contributed by atoms with Crippen molar-refractivity contribution in [2.75, 3.05) is 16.2 Å². The Bertz CT molecular complexity index is 1260. The van der Waals surface area contributed by atoms with E-state index in [1.165, 1.54) is 22.5 Å². The first kappa shape index (κ1) is 22.2. The van der Waals surface area contributed by atoms with Gasteiger partial charge in [0.2, 0.25) is 0 Å². The molecule has 1 aliphatic rings. The molecule has 0 spiro atoms. The Morgan fingerprint density at radius 2 is 1.88 bits per heavy atom. The molecule has 4 rings (SSSR count). The smallest absolute Gasteiger partial charge is 0.267 e. The molecule has 8 heteroatoms. The summed E-state index contributed by atoms with van der Waals surface area (Å²) in [6.45, 7) is 3.75. The van der Waals surface area contributed by atoms with Gasteiger partial charge in [0.05, 0.1) is 17.1 Å². The largest absolute Gasteiger partial charge is 0.476 e. The molecule has 1 aliphatic heterocycles. The number of hydrogen-bond acceptors (Lipinski definition) is 4. The molecule has 1 N–H and O–H groups in total. The molecule has 0 radical (unpaired) electrons. The van der Waals surface area contributed by atoms with Crippen molar-refractivity contribution in [3.05, 3.63) is 82.9 Å². The summed E-state index contributed by atoms with van der Waals surface area (Å²) in [5.41, 5.74) is 2.95. The number of carbonyl (C=O) groups excluding carboxylic acids is 1. The predicted octanol–water partition coefficient (Wildman–Crippen LogP) is 4.81. The van der Waals surface area contributed by atoms with Crippen LogP contribution in [0.3, 0.4) is 0 Å². The third kappa shape index (κ3) is 4.18. The average Bonchev–Trinajstić information content (AvgIpc) is 2.80. The van der Waals surface area contributed by atoms with Crippen molar-refractivity contribution in [3.63, 3.8) is 0 Å². The van der Waals surface area contributed by atoms with Crippen LogP contribution in [0.15, 0.2) is 71.6 Å². The lowest BCUT2D eigenvalue weighted by Crippen LogP contribution is -2.49. The number of hydrogen-bond donors (Lipinski definition) is 1. The number of benzene rings is 3. The molecule has 0 saturated carbocycles. The first-order valence-corrected chi connectivity index (χ1v) is 12.1. The van der Waals surface area contributed by atoms with Gasteiger partial charge < -0.3 is 10.1 Å².